The van der Waals surface area contributed by atoms with Crippen molar-refractivity contribution in [2.24, 2.45) is 0 Å². The molecule has 0 aliphatic carbocycles. The summed E-state index contributed by atoms with van der Waals surface area (Å²) in [4.78, 5) is 4.89. The molecule has 2 heterocycles. The molecule has 40 heavy (non-hydrogen) atoms. The van der Waals surface area contributed by atoms with Crippen molar-refractivity contribution in [1.29, 1.82) is 0 Å². The molecule has 0 radical (unpaired) electrons. The lowest BCUT2D eigenvalue weighted by atomic mass is 9.91. The molecule has 194 valence electrons. The number of aryl methyl sites for hydroxylation is 1. The Balaban J connectivity index is 1.49. The number of anilines is 1. The molecule has 1 unspecified atom stereocenters. The second-order valence-electron chi connectivity index (χ2n) is 9.86. The molecule has 0 saturated heterocycles. The van der Waals surface area contributed by atoms with Crippen LogP contribution in [0.25, 0.3) is 37.9 Å². The normalized spacial score (nSPS) is 12.1. The molecule has 1 atom stereocenters. The fourth-order valence-corrected chi connectivity index (χ4v) is 6.09. The van der Waals surface area contributed by atoms with Crippen LogP contribution in [0.5, 0.6) is 5.75 Å². The highest BCUT2D eigenvalue weighted by Crippen LogP contribution is 2.42. The number of para-hydroxylation sites is 2. The van der Waals surface area contributed by atoms with Gasteiger partial charge >= 0.3 is 0 Å². The summed E-state index contributed by atoms with van der Waals surface area (Å²) >= 11 is 1.60. The van der Waals surface area contributed by atoms with E-state index >= 15 is 0 Å². The van der Waals surface area contributed by atoms with Gasteiger partial charge in [0.15, 0.2) is 5.13 Å². The van der Waals surface area contributed by atoms with Crippen molar-refractivity contribution in [2.45, 2.75) is 13.0 Å². The predicted octanol–water partition coefficient (Wildman–Crippen LogP) is 8.52. The lowest BCUT2D eigenvalue weighted by Crippen LogP contribution is -2.13. The minimum absolute atomic E-state index is 0.222. The second-order valence-corrected chi connectivity index (χ2v) is 10.9. The van der Waals surface area contributed by atoms with Crippen molar-refractivity contribution in [2.75, 3.05) is 5.32 Å². The van der Waals surface area contributed by atoms with Gasteiger partial charge in [0, 0.05) is 22.9 Å². The van der Waals surface area contributed by atoms with Crippen LogP contribution in [0.1, 0.15) is 22.7 Å². The second kappa shape index (κ2) is 9.98. The molecule has 5 aromatic carbocycles. The number of phenols is 1. The third-order valence-electron chi connectivity index (χ3n) is 7.20. The first-order valence-electron chi connectivity index (χ1n) is 13.2. The number of phenolic OH excluding ortho intramolecular Hbond substituents is 1. The summed E-state index contributed by atoms with van der Waals surface area (Å²) in [5.41, 5.74) is 6.67. The van der Waals surface area contributed by atoms with Crippen LogP contribution in [0, 0.1) is 6.92 Å². The Morgan fingerprint density at radius 3 is 2.38 bits per heavy atom. The molecule has 2 N–H and O–H groups in total. The van der Waals surface area contributed by atoms with E-state index in [1.165, 1.54) is 5.56 Å². The average Bonchev–Trinajstić information content (AvgIpc) is 3.62. The van der Waals surface area contributed by atoms with Gasteiger partial charge in [0.2, 0.25) is 0 Å². The molecule has 5 nitrogen and oxygen atoms in total. The van der Waals surface area contributed by atoms with Gasteiger partial charge < -0.3 is 10.4 Å². The number of hydrogen-bond acceptors (Lipinski definition) is 5. The minimum Gasteiger partial charge on any atom is -0.508 e. The molecule has 0 aliphatic rings. The number of aromatic nitrogens is 3. The summed E-state index contributed by atoms with van der Waals surface area (Å²) in [6, 6.07) is 38.1. The Bertz CT molecular complexity index is 1930. The van der Waals surface area contributed by atoms with E-state index in [2.05, 4.69) is 60.9 Å². The quantitative estimate of drug-likeness (QED) is 0.223. The van der Waals surface area contributed by atoms with Crippen molar-refractivity contribution in [3.05, 3.63) is 138 Å². The Hall–Kier alpha value is -4.94. The molecule has 7 aromatic rings. The molecule has 7 rings (SSSR count). The zero-order valence-corrected chi connectivity index (χ0v) is 22.6. The van der Waals surface area contributed by atoms with Crippen molar-refractivity contribution >= 4 is 37.5 Å². The number of nitrogens with zero attached hydrogens (tertiary/aromatic N) is 3. The summed E-state index contributed by atoms with van der Waals surface area (Å²) in [6.45, 7) is 2.08. The van der Waals surface area contributed by atoms with Crippen LogP contribution in [0.15, 0.2) is 121 Å². The van der Waals surface area contributed by atoms with Crippen LogP contribution in [0.4, 0.5) is 5.13 Å². The largest absolute Gasteiger partial charge is 0.508 e. The smallest absolute Gasteiger partial charge is 0.184 e. The summed E-state index contributed by atoms with van der Waals surface area (Å²) in [5.74, 6) is 0.222. The molecule has 0 spiro atoms. The third kappa shape index (κ3) is 4.38. The van der Waals surface area contributed by atoms with Crippen molar-refractivity contribution in [3.63, 3.8) is 0 Å². The fourth-order valence-electron chi connectivity index (χ4n) is 5.20. The van der Waals surface area contributed by atoms with Gasteiger partial charge in [0.1, 0.15) is 5.75 Å². The summed E-state index contributed by atoms with van der Waals surface area (Å²) in [7, 11) is 0. The fraction of sp³-hybridized carbons (Fsp3) is 0.0588. The van der Waals surface area contributed by atoms with Crippen molar-refractivity contribution < 1.29 is 5.11 Å². The zero-order chi connectivity index (χ0) is 27.1. The first-order valence-corrected chi connectivity index (χ1v) is 14.0. The van der Waals surface area contributed by atoms with E-state index in [-0.39, 0.29) is 5.75 Å². The number of thiazole rings is 1. The van der Waals surface area contributed by atoms with Crippen LogP contribution in [0.2, 0.25) is 0 Å². The maximum absolute atomic E-state index is 11.4. The molecule has 0 aliphatic heterocycles. The summed E-state index contributed by atoms with van der Waals surface area (Å²) in [5, 5.41) is 23.0. The molecule has 0 saturated carbocycles. The molecular weight excluding hydrogens is 512 g/mol. The monoisotopic (exact) mass is 538 g/mol. The van der Waals surface area contributed by atoms with Gasteiger partial charge in [-0.3, -0.25) is 0 Å². The summed E-state index contributed by atoms with van der Waals surface area (Å²) < 4.78 is 3.02. The first kappa shape index (κ1) is 24.1. The highest BCUT2D eigenvalue weighted by Gasteiger charge is 2.27. The Morgan fingerprint density at radius 2 is 1.55 bits per heavy atom. The molecule has 2 aromatic heterocycles. The Morgan fingerprint density at radius 1 is 0.800 bits per heavy atom. The average molecular weight is 539 g/mol. The van der Waals surface area contributed by atoms with Gasteiger partial charge in [-0.25, -0.2) is 9.67 Å². The standard InChI is InChI=1S/C34H26N4OS/c1-22-15-17-24(18-16-22)32-27(21-38(37-32)25-10-3-2-4-11-25)33(36-34-35-28-13-7-8-14-30(28)40-34)31-26-12-6-5-9-23(26)19-20-29(31)39/h2-21,33,39H,1H3,(H,35,36). The number of hydrogen-bond donors (Lipinski definition) is 2. The van der Waals surface area contributed by atoms with Crippen molar-refractivity contribution in [3.8, 4) is 22.7 Å². The van der Waals surface area contributed by atoms with E-state index < -0.39 is 6.04 Å². The van der Waals surface area contributed by atoms with Gasteiger partial charge in [0.25, 0.3) is 0 Å². The van der Waals surface area contributed by atoms with Gasteiger partial charge in [-0.15, -0.1) is 0 Å². The van der Waals surface area contributed by atoms with Crippen LogP contribution in [-0.2, 0) is 0 Å². The van der Waals surface area contributed by atoms with Crippen LogP contribution < -0.4 is 5.32 Å². The number of benzene rings is 5. The minimum atomic E-state index is -0.430. The van der Waals surface area contributed by atoms with Crippen LogP contribution in [-0.4, -0.2) is 19.9 Å². The number of nitrogens with one attached hydrogen (secondary N) is 1. The summed E-state index contributed by atoms with van der Waals surface area (Å²) in [6.07, 6.45) is 2.07. The van der Waals surface area contributed by atoms with E-state index in [4.69, 9.17) is 10.1 Å². The van der Waals surface area contributed by atoms with E-state index in [9.17, 15) is 5.11 Å². The van der Waals surface area contributed by atoms with Gasteiger partial charge in [0.05, 0.1) is 27.6 Å². The number of rotatable bonds is 6. The Labute approximate surface area is 236 Å². The molecular formula is C34H26N4OS. The van der Waals surface area contributed by atoms with E-state index in [1.807, 2.05) is 71.4 Å². The molecule has 6 heteroatoms. The zero-order valence-electron chi connectivity index (χ0n) is 21.8. The van der Waals surface area contributed by atoms with Gasteiger partial charge in [-0.1, -0.05) is 102 Å². The van der Waals surface area contributed by atoms with Crippen molar-refractivity contribution in [1.82, 2.24) is 14.8 Å². The highest BCUT2D eigenvalue weighted by atomic mass is 32.1. The predicted molar refractivity (Wildman–Crippen MR) is 164 cm³/mol. The van der Waals surface area contributed by atoms with Gasteiger partial charge in [-0.05, 0) is 48.0 Å². The Kier molecular flexibility index (Phi) is 6.02. The molecule has 0 bridgehead atoms. The maximum atomic E-state index is 11.4. The van der Waals surface area contributed by atoms with Crippen LogP contribution >= 0.6 is 11.3 Å². The molecule has 0 amide bonds. The third-order valence-corrected chi connectivity index (χ3v) is 8.16. The first-order chi connectivity index (χ1) is 19.6. The lowest BCUT2D eigenvalue weighted by molar-refractivity contribution is 0.468. The van der Waals surface area contributed by atoms with E-state index in [0.717, 1.165) is 54.2 Å². The number of fused-ring (bicyclic) bond motifs is 2. The topological polar surface area (TPSA) is 63.0 Å². The number of aromatic hydroxyl groups is 1. The maximum Gasteiger partial charge on any atom is 0.184 e. The SMILES string of the molecule is Cc1ccc(-c2nn(-c3ccccc3)cc2C(Nc2nc3ccccc3s2)c2c(O)ccc3ccccc23)cc1. The lowest BCUT2D eigenvalue weighted by Gasteiger charge is -2.22. The molecule has 0 fully saturated rings. The highest BCUT2D eigenvalue weighted by molar-refractivity contribution is 7.22. The van der Waals surface area contributed by atoms with E-state index in [1.54, 1.807) is 17.4 Å². The van der Waals surface area contributed by atoms with E-state index in [0.29, 0.717) is 0 Å². The van der Waals surface area contributed by atoms with Crippen LogP contribution in [0.3, 0.4) is 0 Å². The van der Waals surface area contributed by atoms with Gasteiger partial charge in [-0.2, -0.15) is 5.10 Å².